The fourth-order valence-corrected chi connectivity index (χ4v) is 1.57. The lowest BCUT2D eigenvalue weighted by atomic mass is 9.78. The van der Waals surface area contributed by atoms with Gasteiger partial charge in [0.05, 0.1) is 12.6 Å². The van der Waals surface area contributed by atoms with E-state index in [9.17, 15) is 0 Å². The summed E-state index contributed by atoms with van der Waals surface area (Å²) < 4.78 is 0. The Kier molecular flexibility index (Phi) is 3.88. The van der Waals surface area contributed by atoms with Gasteiger partial charge in [0.15, 0.2) is 0 Å². The zero-order chi connectivity index (χ0) is 11.3. The summed E-state index contributed by atoms with van der Waals surface area (Å²) in [6, 6.07) is 12.8. The van der Waals surface area contributed by atoms with Gasteiger partial charge in [0.2, 0.25) is 0 Å². The molecule has 2 nitrogen and oxygen atoms in total. The van der Waals surface area contributed by atoms with Gasteiger partial charge < -0.3 is 5.32 Å². The van der Waals surface area contributed by atoms with Crippen molar-refractivity contribution in [3.63, 3.8) is 0 Å². The third kappa shape index (κ3) is 2.81. The Morgan fingerprint density at radius 2 is 1.93 bits per heavy atom. The average Bonchev–Trinajstić information content (AvgIpc) is 2.27. The highest BCUT2D eigenvalue weighted by atomic mass is 14.9. The molecule has 15 heavy (non-hydrogen) atoms. The summed E-state index contributed by atoms with van der Waals surface area (Å²) in [5.74, 6) is 0. The number of hydrogen-bond donors (Lipinski definition) is 1. The van der Waals surface area contributed by atoms with Crippen molar-refractivity contribution < 1.29 is 0 Å². The van der Waals surface area contributed by atoms with Crippen LogP contribution in [0.1, 0.15) is 26.3 Å². The molecule has 2 heteroatoms. The van der Waals surface area contributed by atoms with Crippen LogP contribution < -0.4 is 5.32 Å². The standard InChI is InChI=1S/C13H18N2/c1-11(15-10-9-14)13(2,3)12-7-5-4-6-8-12/h4-8,11,15H,10H2,1-3H3/t11-/m0/s1. The summed E-state index contributed by atoms with van der Waals surface area (Å²) in [7, 11) is 0. The van der Waals surface area contributed by atoms with Crippen molar-refractivity contribution in [1.29, 1.82) is 5.26 Å². The third-order valence-electron chi connectivity index (χ3n) is 3.09. The van der Waals surface area contributed by atoms with Gasteiger partial charge >= 0.3 is 0 Å². The van der Waals surface area contributed by atoms with E-state index in [-0.39, 0.29) is 11.5 Å². The molecule has 0 radical (unpaired) electrons. The van der Waals surface area contributed by atoms with Gasteiger partial charge in [0.25, 0.3) is 0 Å². The fourth-order valence-electron chi connectivity index (χ4n) is 1.57. The Labute approximate surface area is 91.9 Å². The number of hydrogen-bond acceptors (Lipinski definition) is 2. The van der Waals surface area contributed by atoms with Gasteiger partial charge in [0, 0.05) is 11.5 Å². The highest BCUT2D eigenvalue weighted by molar-refractivity contribution is 5.25. The fraction of sp³-hybridized carbons (Fsp3) is 0.462. The van der Waals surface area contributed by atoms with Crippen LogP contribution in [0.25, 0.3) is 0 Å². The molecule has 0 bridgehead atoms. The molecule has 1 N–H and O–H groups in total. The molecule has 80 valence electrons. The maximum atomic E-state index is 8.54. The highest BCUT2D eigenvalue weighted by Crippen LogP contribution is 2.26. The predicted molar refractivity (Wildman–Crippen MR) is 62.5 cm³/mol. The molecule has 0 aromatic heterocycles. The van der Waals surface area contributed by atoms with Crippen LogP contribution in [0.5, 0.6) is 0 Å². The number of nitriles is 1. The molecule has 1 atom stereocenters. The molecule has 0 saturated carbocycles. The first-order valence-electron chi connectivity index (χ1n) is 5.25. The van der Waals surface area contributed by atoms with Crippen molar-refractivity contribution in [1.82, 2.24) is 5.32 Å². The van der Waals surface area contributed by atoms with Gasteiger partial charge in [-0.3, -0.25) is 0 Å². The molecule has 1 aromatic carbocycles. The zero-order valence-electron chi connectivity index (χ0n) is 9.62. The van der Waals surface area contributed by atoms with E-state index in [0.29, 0.717) is 6.54 Å². The van der Waals surface area contributed by atoms with E-state index in [1.807, 2.05) is 18.2 Å². The molecule has 0 fully saturated rings. The van der Waals surface area contributed by atoms with E-state index < -0.39 is 0 Å². The van der Waals surface area contributed by atoms with E-state index >= 15 is 0 Å². The second kappa shape index (κ2) is 4.95. The molecular weight excluding hydrogens is 184 g/mol. The molecule has 1 rings (SSSR count). The minimum absolute atomic E-state index is 0.0398. The summed E-state index contributed by atoms with van der Waals surface area (Å²) in [6.07, 6.45) is 0. The molecule has 1 aromatic rings. The van der Waals surface area contributed by atoms with E-state index in [2.05, 4.69) is 44.3 Å². The maximum Gasteiger partial charge on any atom is 0.0843 e. The van der Waals surface area contributed by atoms with Crippen LogP contribution in [-0.2, 0) is 5.41 Å². The number of benzene rings is 1. The van der Waals surface area contributed by atoms with Crippen molar-refractivity contribution in [2.75, 3.05) is 6.54 Å². The van der Waals surface area contributed by atoms with Gasteiger partial charge in [0.1, 0.15) is 0 Å². The van der Waals surface area contributed by atoms with Gasteiger partial charge in [-0.25, -0.2) is 0 Å². The first-order valence-corrected chi connectivity index (χ1v) is 5.25. The van der Waals surface area contributed by atoms with Crippen LogP contribution >= 0.6 is 0 Å². The van der Waals surface area contributed by atoms with E-state index in [1.165, 1.54) is 5.56 Å². The predicted octanol–water partition coefficient (Wildman–Crippen LogP) is 2.47. The van der Waals surface area contributed by atoms with E-state index in [4.69, 9.17) is 5.26 Å². The average molecular weight is 202 g/mol. The maximum absolute atomic E-state index is 8.54. The Hall–Kier alpha value is -1.33. The van der Waals surface area contributed by atoms with E-state index in [1.54, 1.807) is 0 Å². The monoisotopic (exact) mass is 202 g/mol. The molecule has 0 saturated heterocycles. The molecule has 0 amide bonds. The SMILES string of the molecule is C[C@H](NCC#N)C(C)(C)c1ccccc1. The van der Waals surface area contributed by atoms with Crippen molar-refractivity contribution >= 4 is 0 Å². The van der Waals surface area contributed by atoms with Gasteiger partial charge in [-0.05, 0) is 12.5 Å². The summed E-state index contributed by atoms with van der Waals surface area (Å²) >= 11 is 0. The van der Waals surface area contributed by atoms with Crippen LogP contribution in [0, 0.1) is 11.3 Å². The smallest absolute Gasteiger partial charge is 0.0843 e. The van der Waals surface area contributed by atoms with Crippen molar-refractivity contribution in [2.24, 2.45) is 0 Å². The first-order chi connectivity index (χ1) is 7.09. The van der Waals surface area contributed by atoms with E-state index in [0.717, 1.165) is 0 Å². The second-order valence-electron chi connectivity index (χ2n) is 4.35. The minimum Gasteiger partial charge on any atom is -0.301 e. The van der Waals surface area contributed by atoms with Crippen molar-refractivity contribution in [3.8, 4) is 6.07 Å². The summed E-state index contributed by atoms with van der Waals surface area (Å²) in [5.41, 5.74) is 1.33. The Morgan fingerprint density at radius 1 is 1.33 bits per heavy atom. The number of rotatable bonds is 4. The second-order valence-corrected chi connectivity index (χ2v) is 4.35. The molecular formula is C13H18N2. The summed E-state index contributed by atoms with van der Waals surface area (Å²) in [6.45, 7) is 6.90. The number of nitrogens with zero attached hydrogens (tertiary/aromatic N) is 1. The molecule has 0 spiro atoms. The van der Waals surface area contributed by atoms with Crippen LogP contribution in [0.4, 0.5) is 0 Å². The molecule has 0 aliphatic heterocycles. The lowest BCUT2D eigenvalue weighted by Crippen LogP contribution is -2.42. The largest absolute Gasteiger partial charge is 0.301 e. The van der Waals surface area contributed by atoms with Crippen molar-refractivity contribution in [2.45, 2.75) is 32.2 Å². The molecule has 0 unspecified atom stereocenters. The minimum atomic E-state index is 0.0398. The van der Waals surface area contributed by atoms with Gasteiger partial charge in [-0.2, -0.15) is 5.26 Å². The quantitative estimate of drug-likeness (QED) is 0.761. The number of nitrogens with one attached hydrogen (secondary N) is 1. The third-order valence-corrected chi connectivity index (χ3v) is 3.09. The van der Waals surface area contributed by atoms with Crippen LogP contribution in [-0.4, -0.2) is 12.6 Å². The topological polar surface area (TPSA) is 35.8 Å². The lowest BCUT2D eigenvalue weighted by Gasteiger charge is -2.32. The highest BCUT2D eigenvalue weighted by Gasteiger charge is 2.26. The van der Waals surface area contributed by atoms with Crippen LogP contribution in [0.3, 0.4) is 0 Å². The molecule has 0 aliphatic carbocycles. The Morgan fingerprint density at radius 3 is 2.47 bits per heavy atom. The van der Waals surface area contributed by atoms with Gasteiger partial charge in [-0.15, -0.1) is 0 Å². The van der Waals surface area contributed by atoms with Crippen molar-refractivity contribution in [3.05, 3.63) is 35.9 Å². The zero-order valence-corrected chi connectivity index (χ0v) is 9.62. The van der Waals surface area contributed by atoms with Crippen LogP contribution in [0.2, 0.25) is 0 Å². The summed E-state index contributed by atoms with van der Waals surface area (Å²) in [4.78, 5) is 0. The van der Waals surface area contributed by atoms with Crippen LogP contribution in [0.15, 0.2) is 30.3 Å². The Balaban J connectivity index is 2.79. The molecule has 0 heterocycles. The molecule has 0 aliphatic rings. The normalized spacial score (nSPS) is 13.2. The first kappa shape index (κ1) is 11.7. The lowest BCUT2D eigenvalue weighted by molar-refractivity contribution is 0.374. The van der Waals surface area contributed by atoms with Gasteiger partial charge in [-0.1, -0.05) is 44.2 Å². The Bertz CT molecular complexity index is 335. The summed E-state index contributed by atoms with van der Waals surface area (Å²) in [5, 5.41) is 11.7.